The Balaban J connectivity index is 3.27. The Labute approximate surface area is 150 Å². The molecule has 0 rings (SSSR count). The van der Waals surface area contributed by atoms with Crippen molar-refractivity contribution < 1.29 is 9.53 Å². The Morgan fingerprint density at radius 3 is 2.12 bits per heavy atom. The van der Waals surface area contributed by atoms with Crippen molar-refractivity contribution in [3.05, 3.63) is 12.2 Å². The zero-order chi connectivity index (χ0) is 17.7. The van der Waals surface area contributed by atoms with E-state index in [-0.39, 0.29) is 5.97 Å². The second-order valence-corrected chi connectivity index (χ2v) is 6.35. The van der Waals surface area contributed by atoms with E-state index in [1.165, 1.54) is 64.2 Å². The van der Waals surface area contributed by atoms with E-state index < -0.39 is 0 Å². The van der Waals surface area contributed by atoms with Gasteiger partial charge < -0.3 is 4.74 Å². The van der Waals surface area contributed by atoms with E-state index >= 15 is 0 Å². The number of hydrogen-bond donors (Lipinski definition) is 0. The molecule has 2 nitrogen and oxygen atoms in total. The lowest BCUT2D eigenvalue weighted by molar-refractivity contribution is -0.143. The van der Waals surface area contributed by atoms with Crippen molar-refractivity contribution in [3.8, 4) is 11.8 Å². The molecular formula is C22H38O2. The lowest BCUT2D eigenvalue weighted by atomic mass is 10.1. The Kier molecular flexibility index (Phi) is 18.8. The number of unbranched alkanes of at least 4 members (excludes halogenated alkanes) is 11. The minimum Gasteiger partial charge on any atom is -0.466 e. The molecule has 0 atom stereocenters. The maximum absolute atomic E-state index is 11.1. The van der Waals surface area contributed by atoms with Crippen LogP contribution in [0, 0.1) is 11.8 Å². The molecule has 0 aliphatic carbocycles. The highest BCUT2D eigenvalue weighted by Crippen LogP contribution is 2.10. The van der Waals surface area contributed by atoms with Gasteiger partial charge in [0.05, 0.1) is 6.61 Å². The van der Waals surface area contributed by atoms with Gasteiger partial charge in [-0.15, -0.1) is 0 Å². The summed E-state index contributed by atoms with van der Waals surface area (Å²) < 4.78 is 4.88. The van der Waals surface area contributed by atoms with Crippen LogP contribution in [0.4, 0.5) is 0 Å². The van der Waals surface area contributed by atoms with E-state index in [0.717, 1.165) is 19.3 Å². The van der Waals surface area contributed by atoms with Crippen molar-refractivity contribution in [2.75, 3.05) is 6.61 Å². The molecule has 24 heavy (non-hydrogen) atoms. The van der Waals surface area contributed by atoms with E-state index in [1.54, 1.807) is 0 Å². The summed E-state index contributed by atoms with van der Waals surface area (Å²) in [7, 11) is 0. The molecule has 0 aromatic heterocycles. The molecule has 0 saturated carbocycles. The molecule has 138 valence electrons. The molecule has 0 saturated heterocycles. The highest BCUT2D eigenvalue weighted by molar-refractivity contribution is 5.69. The van der Waals surface area contributed by atoms with Gasteiger partial charge in [-0.1, -0.05) is 82.6 Å². The van der Waals surface area contributed by atoms with Gasteiger partial charge in [0.15, 0.2) is 0 Å². The van der Waals surface area contributed by atoms with Crippen LogP contribution in [-0.2, 0) is 9.53 Å². The maximum atomic E-state index is 11.1. The Morgan fingerprint density at radius 2 is 1.50 bits per heavy atom. The number of carbonyl (C=O) groups excluding carboxylic acids is 1. The first-order valence-corrected chi connectivity index (χ1v) is 10.1. The van der Waals surface area contributed by atoms with Crippen LogP contribution in [0.1, 0.15) is 104 Å². The molecule has 0 bridgehead atoms. The van der Waals surface area contributed by atoms with E-state index in [4.69, 9.17) is 4.74 Å². The Morgan fingerprint density at radius 1 is 0.875 bits per heavy atom. The zero-order valence-electron chi connectivity index (χ0n) is 16.1. The van der Waals surface area contributed by atoms with Gasteiger partial charge in [-0.2, -0.15) is 0 Å². The molecule has 0 heterocycles. The Hall–Kier alpha value is -1.23. The Bertz CT molecular complexity index is 360. The van der Waals surface area contributed by atoms with Crippen molar-refractivity contribution in [2.24, 2.45) is 0 Å². The van der Waals surface area contributed by atoms with Crippen LogP contribution < -0.4 is 0 Å². The summed E-state index contributed by atoms with van der Waals surface area (Å²) in [6, 6.07) is 0. The molecule has 2 heteroatoms. The number of rotatable bonds is 15. The van der Waals surface area contributed by atoms with Crippen LogP contribution in [0.2, 0.25) is 0 Å². The smallest absolute Gasteiger partial charge is 0.305 e. The van der Waals surface area contributed by atoms with Gasteiger partial charge in [0.2, 0.25) is 0 Å². The average molecular weight is 335 g/mol. The topological polar surface area (TPSA) is 26.3 Å². The third-order valence-electron chi connectivity index (χ3n) is 4.02. The van der Waals surface area contributed by atoms with Crippen LogP contribution in [-0.4, -0.2) is 12.6 Å². The van der Waals surface area contributed by atoms with E-state index in [0.29, 0.717) is 13.0 Å². The van der Waals surface area contributed by atoms with Gasteiger partial charge in [-0.25, -0.2) is 0 Å². The van der Waals surface area contributed by atoms with E-state index in [1.807, 2.05) is 19.1 Å². The lowest BCUT2D eigenvalue weighted by Gasteiger charge is -2.00. The summed E-state index contributed by atoms with van der Waals surface area (Å²) in [5.41, 5.74) is 0. The maximum Gasteiger partial charge on any atom is 0.305 e. The summed E-state index contributed by atoms with van der Waals surface area (Å²) in [6.07, 6.45) is 20.9. The van der Waals surface area contributed by atoms with Gasteiger partial charge in [-0.3, -0.25) is 4.79 Å². The number of esters is 1. The molecule has 0 aliphatic heterocycles. The normalized spacial score (nSPS) is 10.6. The first-order valence-electron chi connectivity index (χ1n) is 10.1. The van der Waals surface area contributed by atoms with Gasteiger partial charge in [0.25, 0.3) is 0 Å². The molecule has 0 aromatic carbocycles. The van der Waals surface area contributed by atoms with Crippen LogP contribution in [0.5, 0.6) is 0 Å². The number of hydrogen-bond acceptors (Lipinski definition) is 2. The molecule has 0 amide bonds. The molecular weight excluding hydrogens is 296 g/mol. The zero-order valence-corrected chi connectivity index (χ0v) is 16.1. The highest BCUT2D eigenvalue weighted by atomic mass is 16.5. The third kappa shape index (κ3) is 18.8. The van der Waals surface area contributed by atoms with Crippen LogP contribution in [0.15, 0.2) is 12.2 Å². The standard InChI is InChI=1S/C22H38O2/c1-3-5-6-7-8-9-10-11-12-13-14-15-16-17-18-19-20-21-22(23)24-4-2/h17-18H,3-14,19-21H2,1-2H3/b18-17+. The van der Waals surface area contributed by atoms with E-state index in [9.17, 15) is 4.79 Å². The first-order chi connectivity index (χ1) is 11.8. The molecule has 0 aliphatic rings. The summed E-state index contributed by atoms with van der Waals surface area (Å²) >= 11 is 0. The van der Waals surface area contributed by atoms with E-state index in [2.05, 4.69) is 18.8 Å². The van der Waals surface area contributed by atoms with Crippen LogP contribution in [0.3, 0.4) is 0 Å². The largest absolute Gasteiger partial charge is 0.466 e. The van der Waals surface area contributed by atoms with Gasteiger partial charge >= 0.3 is 5.97 Å². The molecule has 0 aromatic rings. The fourth-order valence-corrected chi connectivity index (χ4v) is 2.57. The fourth-order valence-electron chi connectivity index (χ4n) is 2.57. The molecule has 0 spiro atoms. The molecule has 0 unspecified atom stereocenters. The van der Waals surface area contributed by atoms with Gasteiger partial charge in [0.1, 0.15) is 0 Å². The second-order valence-electron chi connectivity index (χ2n) is 6.35. The minimum absolute atomic E-state index is 0.0991. The van der Waals surface area contributed by atoms with Crippen molar-refractivity contribution in [3.63, 3.8) is 0 Å². The quantitative estimate of drug-likeness (QED) is 0.192. The number of carbonyl (C=O) groups is 1. The number of allylic oxidation sites excluding steroid dienone is 2. The predicted octanol–water partition coefficient (Wildman–Crippen LogP) is 6.59. The molecule has 0 fully saturated rings. The fraction of sp³-hybridized carbons (Fsp3) is 0.773. The highest BCUT2D eigenvalue weighted by Gasteiger charge is 1.98. The SMILES string of the molecule is CCCCCCCCCCCCC#C/C=C/CCCC(=O)OCC. The monoisotopic (exact) mass is 334 g/mol. The summed E-state index contributed by atoms with van der Waals surface area (Å²) in [5.74, 6) is 6.19. The third-order valence-corrected chi connectivity index (χ3v) is 4.02. The van der Waals surface area contributed by atoms with Crippen molar-refractivity contribution >= 4 is 5.97 Å². The van der Waals surface area contributed by atoms with Gasteiger partial charge in [0, 0.05) is 12.8 Å². The predicted molar refractivity (Wildman–Crippen MR) is 104 cm³/mol. The summed E-state index contributed by atoms with van der Waals surface area (Å²) in [6.45, 7) is 4.58. The van der Waals surface area contributed by atoms with Gasteiger partial charge in [-0.05, 0) is 32.3 Å². The van der Waals surface area contributed by atoms with Crippen molar-refractivity contribution in [1.29, 1.82) is 0 Å². The number of ether oxygens (including phenoxy) is 1. The van der Waals surface area contributed by atoms with Crippen molar-refractivity contribution in [2.45, 2.75) is 104 Å². The molecule has 0 radical (unpaired) electrons. The first kappa shape index (κ1) is 22.8. The second kappa shape index (κ2) is 19.8. The van der Waals surface area contributed by atoms with Crippen LogP contribution >= 0.6 is 0 Å². The van der Waals surface area contributed by atoms with Crippen molar-refractivity contribution in [1.82, 2.24) is 0 Å². The van der Waals surface area contributed by atoms with Crippen LogP contribution in [0.25, 0.3) is 0 Å². The minimum atomic E-state index is -0.0991. The summed E-state index contributed by atoms with van der Waals surface area (Å²) in [4.78, 5) is 11.1. The molecule has 0 N–H and O–H groups in total. The average Bonchev–Trinajstić information content (AvgIpc) is 2.58. The summed E-state index contributed by atoms with van der Waals surface area (Å²) in [5, 5.41) is 0. The lowest BCUT2D eigenvalue weighted by Crippen LogP contribution is -2.02.